The third-order valence-electron chi connectivity index (χ3n) is 4.52. The second-order valence-electron chi connectivity index (χ2n) is 7.01. The number of anilines is 1. The molecule has 3 rings (SSSR count). The Kier molecular flexibility index (Phi) is 6.97. The van der Waals surface area contributed by atoms with Gasteiger partial charge in [0.1, 0.15) is 11.5 Å². The van der Waals surface area contributed by atoms with Gasteiger partial charge in [-0.1, -0.05) is 29.8 Å². The molecular formula is C24H25NO5S. The average molecular weight is 440 g/mol. The van der Waals surface area contributed by atoms with Gasteiger partial charge in [-0.2, -0.15) is 4.31 Å². The van der Waals surface area contributed by atoms with E-state index in [2.05, 4.69) is 0 Å². The molecule has 1 amide bonds. The van der Waals surface area contributed by atoms with Crippen LogP contribution in [0.25, 0.3) is 0 Å². The van der Waals surface area contributed by atoms with Gasteiger partial charge < -0.3 is 9.47 Å². The highest BCUT2D eigenvalue weighted by atomic mass is 32.2. The van der Waals surface area contributed by atoms with Crippen LogP contribution in [0.15, 0.2) is 77.7 Å². The minimum atomic E-state index is -4.14. The van der Waals surface area contributed by atoms with Crippen molar-refractivity contribution in [3.8, 4) is 11.5 Å². The smallest absolute Gasteiger partial charge is 0.278 e. The van der Waals surface area contributed by atoms with Gasteiger partial charge >= 0.3 is 0 Å². The number of nitrogens with zero attached hydrogens (tertiary/aromatic N) is 1. The van der Waals surface area contributed by atoms with E-state index in [0.717, 1.165) is 15.4 Å². The summed E-state index contributed by atoms with van der Waals surface area (Å²) in [5.74, 6) is 0.376. The number of hydrogen-bond donors (Lipinski definition) is 0. The molecule has 0 aliphatic rings. The summed E-state index contributed by atoms with van der Waals surface area (Å²) in [7, 11) is -4.14. The summed E-state index contributed by atoms with van der Waals surface area (Å²) in [6.07, 6.45) is 0. The number of sulfonamides is 1. The quantitative estimate of drug-likeness (QED) is 0.517. The molecule has 0 N–H and O–H groups in total. The normalized spacial score (nSPS) is 11.1. The van der Waals surface area contributed by atoms with Gasteiger partial charge in [-0.3, -0.25) is 4.79 Å². The zero-order valence-electron chi connectivity index (χ0n) is 17.7. The fraction of sp³-hybridized carbons (Fsp3) is 0.208. The number of carbonyl (C=O) groups excluding carboxylic acids is 1. The van der Waals surface area contributed by atoms with Crippen molar-refractivity contribution < 1.29 is 22.7 Å². The van der Waals surface area contributed by atoms with Crippen molar-refractivity contribution in [1.82, 2.24) is 0 Å². The van der Waals surface area contributed by atoms with Crippen LogP contribution in [0.1, 0.15) is 18.1 Å². The molecule has 31 heavy (non-hydrogen) atoms. The molecule has 0 saturated heterocycles. The first kappa shape index (κ1) is 22.4. The molecular weight excluding hydrogens is 414 g/mol. The molecule has 0 atom stereocenters. The van der Waals surface area contributed by atoms with Crippen LogP contribution in [0.5, 0.6) is 11.5 Å². The number of rotatable bonds is 8. The Bertz CT molecular complexity index is 1140. The lowest BCUT2D eigenvalue weighted by Gasteiger charge is -2.23. The van der Waals surface area contributed by atoms with Gasteiger partial charge in [0, 0.05) is 0 Å². The van der Waals surface area contributed by atoms with Crippen LogP contribution in [0.4, 0.5) is 5.69 Å². The average Bonchev–Trinajstić information content (AvgIpc) is 2.74. The molecule has 162 valence electrons. The van der Waals surface area contributed by atoms with E-state index in [1.54, 1.807) is 48.5 Å². The van der Waals surface area contributed by atoms with E-state index < -0.39 is 22.5 Å². The van der Waals surface area contributed by atoms with Crippen molar-refractivity contribution in [2.24, 2.45) is 0 Å². The standard InChI is InChI=1S/C24H25NO5S/c1-4-29-21-12-10-20(11-13-21)25(31(27,28)23-14-8-18(2)9-15-23)24(26)17-30-22-7-5-6-19(3)16-22/h5-16H,4,17H2,1-3H3. The number of aryl methyl sites for hydroxylation is 2. The van der Waals surface area contributed by atoms with Crippen molar-refractivity contribution in [2.75, 3.05) is 17.5 Å². The molecule has 0 spiro atoms. The molecule has 0 heterocycles. The van der Waals surface area contributed by atoms with E-state index in [0.29, 0.717) is 18.1 Å². The van der Waals surface area contributed by atoms with E-state index in [4.69, 9.17) is 9.47 Å². The summed E-state index contributed by atoms with van der Waals surface area (Å²) in [6.45, 7) is 5.67. The third kappa shape index (κ3) is 5.44. The van der Waals surface area contributed by atoms with Gasteiger partial charge in [0.25, 0.3) is 15.9 Å². The largest absolute Gasteiger partial charge is 0.494 e. The molecule has 0 saturated carbocycles. The predicted octanol–water partition coefficient (Wildman–Crippen LogP) is 4.50. The zero-order chi connectivity index (χ0) is 22.4. The number of hydrogen-bond acceptors (Lipinski definition) is 5. The van der Waals surface area contributed by atoms with Crippen LogP contribution in [-0.2, 0) is 14.8 Å². The molecule has 7 heteroatoms. The second kappa shape index (κ2) is 9.66. The molecule has 0 aromatic heterocycles. The van der Waals surface area contributed by atoms with Crippen LogP contribution in [-0.4, -0.2) is 27.5 Å². The van der Waals surface area contributed by atoms with Gasteiger partial charge in [-0.25, -0.2) is 8.42 Å². The summed E-state index contributed by atoms with van der Waals surface area (Å²) in [5, 5.41) is 0. The molecule has 6 nitrogen and oxygen atoms in total. The van der Waals surface area contributed by atoms with Crippen LogP contribution < -0.4 is 13.8 Å². The van der Waals surface area contributed by atoms with E-state index >= 15 is 0 Å². The Balaban J connectivity index is 1.94. The van der Waals surface area contributed by atoms with Crippen molar-refractivity contribution in [3.63, 3.8) is 0 Å². The first-order chi connectivity index (χ1) is 14.8. The molecule has 0 aliphatic heterocycles. The maximum absolute atomic E-state index is 13.4. The van der Waals surface area contributed by atoms with E-state index in [1.807, 2.05) is 32.9 Å². The SMILES string of the molecule is CCOc1ccc(N(C(=O)COc2cccc(C)c2)S(=O)(=O)c2ccc(C)cc2)cc1. The number of benzene rings is 3. The monoisotopic (exact) mass is 439 g/mol. The van der Waals surface area contributed by atoms with Crippen molar-refractivity contribution in [3.05, 3.63) is 83.9 Å². The second-order valence-corrected chi connectivity index (χ2v) is 8.80. The molecule has 3 aromatic carbocycles. The molecule has 0 aliphatic carbocycles. The lowest BCUT2D eigenvalue weighted by Crippen LogP contribution is -2.40. The number of amides is 1. The van der Waals surface area contributed by atoms with Crippen LogP contribution >= 0.6 is 0 Å². The summed E-state index contributed by atoms with van der Waals surface area (Å²) in [4.78, 5) is 13.1. The first-order valence-corrected chi connectivity index (χ1v) is 11.3. The number of ether oxygens (including phenoxy) is 2. The fourth-order valence-corrected chi connectivity index (χ4v) is 4.40. The van der Waals surface area contributed by atoms with Gasteiger partial charge in [0.2, 0.25) is 0 Å². The summed E-state index contributed by atoms with van der Waals surface area (Å²) >= 11 is 0. The summed E-state index contributed by atoms with van der Waals surface area (Å²) < 4.78 is 38.5. The lowest BCUT2D eigenvalue weighted by atomic mass is 10.2. The van der Waals surface area contributed by atoms with Crippen LogP contribution in [0, 0.1) is 13.8 Å². The predicted molar refractivity (Wildman–Crippen MR) is 120 cm³/mol. The fourth-order valence-electron chi connectivity index (χ4n) is 2.99. The topological polar surface area (TPSA) is 72.9 Å². The van der Waals surface area contributed by atoms with Crippen LogP contribution in [0.2, 0.25) is 0 Å². The van der Waals surface area contributed by atoms with Gasteiger partial charge in [-0.05, 0) is 74.9 Å². The maximum Gasteiger partial charge on any atom is 0.278 e. The lowest BCUT2D eigenvalue weighted by molar-refractivity contribution is -0.119. The Labute approximate surface area is 183 Å². The number of carbonyl (C=O) groups is 1. The van der Waals surface area contributed by atoms with Crippen LogP contribution in [0.3, 0.4) is 0 Å². The van der Waals surface area contributed by atoms with Gasteiger partial charge in [0.05, 0.1) is 17.2 Å². The summed E-state index contributed by atoms with van der Waals surface area (Å²) in [6, 6.07) is 19.9. The van der Waals surface area contributed by atoms with Gasteiger partial charge in [0.15, 0.2) is 6.61 Å². The van der Waals surface area contributed by atoms with Crippen molar-refractivity contribution in [2.45, 2.75) is 25.7 Å². The Morgan fingerprint density at radius 3 is 2.13 bits per heavy atom. The highest BCUT2D eigenvalue weighted by Gasteiger charge is 2.31. The minimum absolute atomic E-state index is 0.0240. The van der Waals surface area contributed by atoms with E-state index in [9.17, 15) is 13.2 Å². The van der Waals surface area contributed by atoms with Crippen molar-refractivity contribution in [1.29, 1.82) is 0 Å². The van der Waals surface area contributed by atoms with E-state index in [-0.39, 0.29) is 10.6 Å². The molecule has 0 radical (unpaired) electrons. The minimum Gasteiger partial charge on any atom is -0.494 e. The van der Waals surface area contributed by atoms with E-state index in [1.165, 1.54) is 12.1 Å². The molecule has 0 fully saturated rings. The van der Waals surface area contributed by atoms with Crippen molar-refractivity contribution >= 4 is 21.6 Å². The Morgan fingerprint density at radius 2 is 1.52 bits per heavy atom. The zero-order valence-corrected chi connectivity index (χ0v) is 18.6. The Hall–Kier alpha value is -3.32. The Morgan fingerprint density at radius 1 is 0.839 bits per heavy atom. The highest BCUT2D eigenvalue weighted by Crippen LogP contribution is 2.27. The maximum atomic E-state index is 13.4. The molecule has 0 unspecified atom stereocenters. The third-order valence-corrected chi connectivity index (χ3v) is 6.28. The summed E-state index contributed by atoms with van der Waals surface area (Å²) in [5.41, 5.74) is 2.10. The van der Waals surface area contributed by atoms with Gasteiger partial charge in [-0.15, -0.1) is 0 Å². The highest BCUT2D eigenvalue weighted by molar-refractivity contribution is 7.93. The molecule has 0 bridgehead atoms. The molecule has 3 aromatic rings. The first-order valence-electron chi connectivity index (χ1n) is 9.88.